The number of benzene rings is 1. The summed E-state index contributed by atoms with van der Waals surface area (Å²) in [4.78, 5) is 0. The summed E-state index contributed by atoms with van der Waals surface area (Å²) in [7, 11) is -1.78. The lowest BCUT2D eigenvalue weighted by Crippen LogP contribution is -2.50. The molecule has 2 aromatic rings. The monoisotopic (exact) mass is 279 g/mol. The van der Waals surface area contributed by atoms with Crippen LogP contribution in [0.1, 0.15) is 20.8 Å². The SMILES string of the molecule is CC(C)(C)[Si](C)(C)c1ccc(F)c2ccn(CO)c12. The first-order valence-electron chi connectivity index (χ1n) is 6.59. The van der Waals surface area contributed by atoms with E-state index in [1.807, 2.05) is 6.07 Å². The highest BCUT2D eigenvalue weighted by atomic mass is 28.3. The number of halogens is 1. The highest BCUT2D eigenvalue weighted by Gasteiger charge is 2.38. The largest absolute Gasteiger partial charge is 0.376 e. The normalized spacial score (nSPS) is 13.2. The molecule has 1 heterocycles. The van der Waals surface area contributed by atoms with Crippen LogP contribution >= 0.6 is 0 Å². The molecule has 104 valence electrons. The van der Waals surface area contributed by atoms with Gasteiger partial charge in [-0.25, -0.2) is 4.39 Å². The Morgan fingerprint density at radius 1 is 1.21 bits per heavy atom. The van der Waals surface area contributed by atoms with Crippen LogP contribution in [0.25, 0.3) is 10.9 Å². The number of hydrogen-bond donors (Lipinski definition) is 1. The average Bonchev–Trinajstić information content (AvgIpc) is 2.72. The number of aromatic nitrogens is 1. The third-order valence-corrected chi connectivity index (χ3v) is 10.1. The van der Waals surface area contributed by atoms with Crippen LogP contribution in [0, 0.1) is 5.82 Å². The first kappa shape index (κ1) is 14.3. The van der Waals surface area contributed by atoms with E-state index in [4.69, 9.17) is 0 Å². The molecule has 0 aliphatic heterocycles. The van der Waals surface area contributed by atoms with Crippen molar-refractivity contribution < 1.29 is 9.50 Å². The second-order valence-corrected chi connectivity index (χ2v) is 11.9. The molecule has 19 heavy (non-hydrogen) atoms. The summed E-state index contributed by atoms with van der Waals surface area (Å²) in [6.07, 6.45) is 1.75. The van der Waals surface area contributed by atoms with Gasteiger partial charge in [0, 0.05) is 11.6 Å². The van der Waals surface area contributed by atoms with E-state index in [-0.39, 0.29) is 17.6 Å². The number of hydrogen-bond acceptors (Lipinski definition) is 1. The molecule has 0 atom stereocenters. The van der Waals surface area contributed by atoms with Gasteiger partial charge in [0.25, 0.3) is 0 Å². The zero-order valence-corrected chi connectivity index (χ0v) is 13.3. The first-order valence-corrected chi connectivity index (χ1v) is 9.59. The molecule has 1 aromatic heterocycles. The van der Waals surface area contributed by atoms with Crippen molar-refractivity contribution in [1.29, 1.82) is 0 Å². The summed E-state index contributed by atoms with van der Waals surface area (Å²) in [5.74, 6) is -0.218. The third kappa shape index (κ3) is 2.13. The molecule has 2 nitrogen and oxygen atoms in total. The number of nitrogens with zero attached hydrogens (tertiary/aromatic N) is 1. The Bertz CT molecular complexity index is 610. The van der Waals surface area contributed by atoms with Gasteiger partial charge >= 0.3 is 0 Å². The highest BCUT2D eigenvalue weighted by molar-refractivity contribution is 6.93. The van der Waals surface area contributed by atoms with E-state index in [1.54, 1.807) is 22.9 Å². The maximum atomic E-state index is 13.9. The lowest BCUT2D eigenvalue weighted by atomic mass is 10.2. The van der Waals surface area contributed by atoms with E-state index in [0.717, 1.165) is 5.52 Å². The van der Waals surface area contributed by atoms with Crippen molar-refractivity contribution in [3.63, 3.8) is 0 Å². The Balaban J connectivity index is 2.81. The zero-order chi connectivity index (χ0) is 14.4. The van der Waals surface area contributed by atoms with Crippen molar-refractivity contribution in [3.05, 3.63) is 30.2 Å². The smallest absolute Gasteiger partial charge is 0.132 e. The molecule has 1 aromatic carbocycles. The lowest BCUT2D eigenvalue weighted by molar-refractivity contribution is 0.215. The van der Waals surface area contributed by atoms with E-state index < -0.39 is 8.07 Å². The van der Waals surface area contributed by atoms with Crippen molar-refractivity contribution in [2.24, 2.45) is 0 Å². The molecule has 4 heteroatoms. The fourth-order valence-corrected chi connectivity index (χ4v) is 4.49. The molecule has 0 fully saturated rings. The maximum absolute atomic E-state index is 13.9. The van der Waals surface area contributed by atoms with Gasteiger partial charge in [0.15, 0.2) is 0 Å². The summed E-state index contributed by atoms with van der Waals surface area (Å²) in [6, 6.07) is 5.21. The average molecular weight is 279 g/mol. The predicted octanol–water partition coefficient (Wildman–Crippen LogP) is 3.45. The van der Waals surface area contributed by atoms with Gasteiger partial charge in [-0.2, -0.15) is 0 Å². The van der Waals surface area contributed by atoms with Crippen LogP contribution in [0.4, 0.5) is 4.39 Å². The number of aliphatic hydroxyl groups excluding tert-OH is 1. The van der Waals surface area contributed by atoms with Crippen molar-refractivity contribution in [2.75, 3.05) is 0 Å². The molecule has 0 bridgehead atoms. The fraction of sp³-hybridized carbons (Fsp3) is 0.467. The van der Waals surface area contributed by atoms with Crippen LogP contribution in [0.3, 0.4) is 0 Å². The van der Waals surface area contributed by atoms with Crippen molar-refractivity contribution >= 4 is 24.2 Å². The standard InChI is InChI=1S/C15H22FNOSi/c1-15(2,3)19(4,5)13-7-6-12(16)11-8-9-17(10-18)14(11)13/h6-9,18H,10H2,1-5H3. The molecule has 2 rings (SSSR count). The molecular weight excluding hydrogens is 257 g/mol. The highest BCUT2D eigenvalue weighted by Crippen LogP contribution is 2.37. The maximum Gasteiger partial charge on any atom is 0.132 e. The Morgan fingerprint density at radius 2 is 1.84 bits per heavy atom. The molecule has 0 radical (unpaired) electrons. The van der Waals surface area contributed by atoms with Crippen LogP contribution in [-0.2, 0) is 6.73 Å². The molecular formula is C15H22FNOSi. The number of fused-ring (bicyclic) bond motifs is 1. The van der Waals surface area contributed by atoms with Crippen molar-refractivity contribution in [2.45, 2.75) is 45.6 Å². The molecule has 0 spiro atoms. The lowest BCUT2D eigenvalue weighted by Gasteiger charge is -2.38. The van der Waals surface area contributed by atoms with Gasteiger partial charge < -0.3 is 9.67 Å². The summed E-state index contributed by atoms with van der Waals surface area (Å²) < 4.78 is 15.7. The first-order chi connectivity index (χ1) is 8.70. The second-order valence-electron chi connectivity index (χ2n) is 6.66. The van der Waals surface area contributed by atoms with Gasteiger partial charge in [0.05, 0.1) is 13.6 Å². The van der Waals surface area contributed by atoms with Gasteiger partial charge in [-0.05, 0) is 22.4 Å². The summed E-state index contributed by atoms with van der Waals surface area (Å²) >= 11 is 0. The number of aliphatic hydroxyl groups is 1. The van der Waals surface area contributed by atoms with Crippen LogP contribution in [-0.4, -0.2) is 17.7 Å². The van der Waals surface area contributed by atoms with E-state index in [1.165, 1.54) is 5.19 Å². The van der Waals surface area contributed by atoms with Gasteiger partial charge in [-0.1, -0.05) is 39.9 Å². The summed E-state index contributed by atoms with van der Waals surface area (Å²) in [6.45, 7) is 11.2. The van der Waals surface area contributed by atoms with Gasteiger partial charge in [-0.15, -0.1) is 0 Å². The molecule has 1 N–H and O–H groups in total. The van der Waals surface area contributed by atoms with Crippen LogP contribution in [0.5, 0.6) is 0 Å². The van der Waals surface area contributed by atoms with E-state index >= 15 is 0 Å². The molecule has 0 amide bonds. The topological polar surface area (TPSA) is 25.2 Å². The minimum Gasteiger partial charge on any atom is -0.376 e. The third-order valence-electron chi connectivity index (χ3n) is 4.57. The minimum atomic E-state index is -1.78. The quantitative estimate of drug-likeness (QED) is 0.837. The Kier molecular flexibility index (Phi) is 3.35. The summed E-state index contributed by atoms with van der Waals surface area (Å²) in [5, 5.41) is 11.4. The van der Waals surface area contributed by atoms with E-state index in [9.17, 15) is 9.50 Å². The Hall–Kier alpha value is -1.13. The predicted molar refractivity (Wildman–Crippen MR) is 80.9 cm³/mol. The minimum absolute atomic E-state index is 0.116. The van der Waals surface area contributed by atoms with Crippen molar-refractivity contribution in [3.8, 4) is 0 Å². The zero-order valence-electron chi connectivity index (χ0n) is 12.3. The van der Waals surface area contributed by atoms with Gasteiger partial charge in [0.1, 0.15) is 12.5 Å². The molecule has 0 unspecified atom stereocenters. The second kappa shape index (κ2) is 4.46. The Morgan fingerprint density at radius 3 is 2.37 bits per heavy atom. The number of rotatable bonds is 2. The molecule has 0 aliphatic carbocycles. The van der Waals surface area contributed by atoms with Gasteiger partial charge in [0.2, 0.25) is 0 Å². The van der Waals surface area contributed by atoms with Crippen LogP contribution in [0.2, 0.25) is 18.1 Å². The van der Waals surface area contributed by atoms with Crippen LogP contribution < -0.4 is 5.19 Å². The van der Waals surface area contributed by atoms with E-state index in [0.29, 0.717) is 5.39 Å². The molecule has 0 saturated carbocycles. The fourth-order valence-electron chi connectivity index (χ4n) is 2.32. The van der Waals surface area contributed by atoms with E-state index in [2.05, 4.69) is 33.9 Å². The van der Waals surface area contributed by atoms with Crippen LogP contribution in [0.15, 0.2) is 24.4 Å². The molecule has 0 aliphatic rings. The Labute approximate surface area is 114 Å². The van der Waals surface area contributed by atoms with Gasteiger partial charge in [-0.3, -0.25) is 0 Å². The molecule has 0 saturated heterocycles. The van der Waals surface area contributed by atoms with Crippen molar-refractivity contribution in [1.82, 2.24) is 4.57 Å². The summed E-state index contributed by atoms with van der Waals surface area (Å²) in [5.41, 5.74) is 0.856.